The molecule has 28 heavy (non-hydrogen) atoms. The van der Waals surface area contributed by atoms with Gasteiger partial charge in [-0.05, 0) is 11.6 Å². The predicted molar refractivity (Wildman–Crippen MR) is 98.3 cm³/mol. The highest BCUT2D eigenvalue weighted by atomic mass is 16.7. The molecule has 2 aromatic rings. The van der Waals surface area contributed by atoms with Crippen LogP contribution in [0.1, 0.15) is 15.9 Å². The van der Waals surface area contributed by atoms with Crippen LogP contribution in [-0.2, 0) is 27.7 Å². The summed E-state index contributed by atoms with van der Waals surface area (Å²) in [6, 6.07) is 3.70. The number of carbonyl (C=O) groups is 2. The zero-order chi connectivity index (χ0) is 19.6. The fourth-order valence-electron chi connectivity index (χ4n) is 3.59. The summed E-state index contributed by atoms with van der Waals surface area (Å²) in [5, 5.41) is 4.06. The molecule has 4 heterocycles. The zero-order valence-electron chi connectivity index (χ0n) is 15.8. The molecule has 2 aromatic heterocycles. The molecular formula is C19H23N5O4. The highest BCUT2D eigenvalue weighted by Crippen LogP contribution is 2.26. The lowest BCUT2D eigenvalue weighted by atomic mass is 10.1. The summed E-state index contributed by atoms with van der Waals surface area (Å²) < 4.78 is 13.4. The summed E-state index contributed by atoms with van der Waals surface area (Å²) in [7, 11) is 1.77. The Morgan fingerprint density at radius 1 is 1.14 bits per heavy atom. The van der Waals surface area contributed by atoms with E-state index in [9.17, 15) is 9.59 Å². The smallest absolute Gasteiger partial charge is 0.257 e. The fraction of sp³-hybridized carbons (Fsp3) is 0.474. The summed E-state index contributed by atoms with van der Waals surface area (Å²) in [4.78, 5) is 33.0. The lowest BCUT2D eigenvalue weighted by molar-refractivity contribution is -0.284. The molecule has 2 amide bonds. The maximum Gasteiger partial charge on any atom is 0.257 e. The van der Waals surface area contributed by atoms with E-state index >= 15 is 0 Å². The van der Waals surface area contributed by atoms with Crippen LogP contribution in [0.5, 0.6) is 0 Å². The largest absolute Gasteiger partial charge is 0.345 e. The maximum absolute atomic E-state index is 12.8. The van der Waals surface area contributed by atoms with Crippen LogP contribution in [0.4, 0.5) is 0 Å². The van der Waals surface area contributed by atoms with Gasteiger partial charge in [-0.2, -0.15) is 5.10 Å². The van der Waals surface area contributed by atoms with E-state index in [1.54, 1.807) is 46.3 Å². The lowest BCUT2D eigenvalue weighted by Gasteiger charge is -2.47. The topological polar surface area (TPSA) is 89.8 Å². The van der Waals surface area contributed by atoms with Crippen molar-refractivity contribution < 1.29 is 19.1 Å². The molecule has 0 aliphatic carbocycles. The Hall–Kier alpha value is -2.78. The quantitative estimate of drug-likeness (QED) is 0.744. The minimum atomic E-state index is -0.987. The highest BCUT2D eigenvalue weighted by Gasteiger charge is 2.44. The molecule has 2 fully saturated rings. The van der Waals surface area contributed by atoms with Crippen molar-refractivity contribution in [3.05, 3.63) is 48.0 Å². The van der Waals surface area contributed by atoms with E-state index in [2.05, 4.69) is 10.1 Å². The van der Waals surface area contributed by atoms with E-state index in [4.69, 9.17) is 9.47 Å². The SMILES string of the molecule is Cn1cc(C(=O)N2CCOC3(CN(C(=O)Cc4cccnc4)CCO3)C2)cn1. The summed E-state index contributed by atoms with van der Waals surface area (Å²) >= 11 is 0. The van der Waals surface area contributed by atoms with Gasteiger partial charge in [-0.1, -0.05) is 6.07 Å². The van der Waals surface area contributed by atoms with Crippen LogP contribution in [-0.4, -0.2) is 81.6 Å². The molecule has 0 aromatic carbocycles. The Morgan fingerprint density at radius 2 is 1.89 bits per heavy atom. The number of rotatable bonds is 3. The van der Waals surface area contributed by atoms with E-state index in [0.29, 0.717) is 38.4 Å². The van der Waals surface area contributed by atoms with Gasteiger partial charge in [0, 0.05) is 38.7 Å². The second-order valence-corrected chi connectivity index (χ2v) is 7.09. The van der Waals surface area contributed by atoms with Crippen LogP contribution in [0, 0.1) is 0 Å². The Bertz CT molecular complexity index is 851. The van der Waals surface area contributed by atoms with Gasteiger partial charge < -0.3 is 19.3 Å². The van der Waals surface area contributed by atoms with Crippen LogP contribution in [0.2, 0.25) is 0 Å². The summed E-state index contributed by atoms with van der Waals surface area (Å²) in [5.41, 5.74) is 1.39. The zero-order valence-corrected chi connectivity index (χ0v) is 15.8. The second-order valence-electron chi connectivity index (χ2n) is 7.09. The highest BCUT2D eigenvalue weighted by molar-refractivity contribution is 5.93. The summed E-state index contributed by atoms with van der Waals surface area (Å²) in [5.74, 6) is -1.10. The molecule has 0 saturated carbocycles. The van der Waals surface area contributed by atoms with Gasteiger partial charge in [-0.3, -0.25) is 19.3 Å². The molecular weight excluding hydrogens is 362 g/mol. The van der Waals surface area contributed by atoms with E-state index in [0.717, 1.165) is 5.56 Å². The van der Waals surface area contributed by atoms with Crippen molar-refractivity contribution in [2.75, 3.05) is 39.4 Å². The normalized spacial score (nSPS) is 22.5. The average molecular weight is 385 g/mol. The van der Waals surface area contributed by atoms with Gasteiger partial charge in [-0.15, -0.1) is 0 Å². The van der Waals surface area contributed by atoms with E-state index < -0.39 is 5.79 Å². The Kier molecular flexibility index (Phi) is 5.10. The molecule has 1 spiro atoms. The Morgan fingerprint density at radius 3 is 2.57 bits per heavy atom. The van der Waals surface area contributed by atoms with Crippen LogP contribution in [0.25, 0.3) is 0 Å². The molecule has 2 aliphatic rings. The molecule has 2 saturated heterocycles. The third-order valence-electron chi connectivity index (χ3n) is 4.99. The lowest BCUT2D eigenvalue weighted by Crippen LogP contribution is -2.63. The number of ether oxygens (including phenoxy) is 2. The molecule has 9 nitrogen and oxygen atoms in total. The van der Waals surface area contributed by atoms with Crippen LogP contribution >= 0.6 is 0 Å². The van der Waals surface area contributed by atoms with Gasteiger partial charge in [0.2, 0.25) is 11.7 Å². The van der Waals surface area contributed by atoms with Crippen LogP contribution in [0.15, 0.2) is 36.9 Å². The number of pyridine rings is 1. The van der Waals surface area contributed by atoms with E-state index in [1.807, 2.05) is 12.1 Å². The molecule has 1 unspecified atom stereocenters. The number of aryl methyl sites for hydroxylation is 1. The van der Waals surface area contributed by atoms with Crippen molar-refractivity contribution in [1.82, 2.24) is 24.6 Å². The Labute approximate surface area is 162 Å². The molecule has 2 aliphatic heterocycles. The second kappa shape index (κ2) is 7.69. The summed E-state index contributed by atoms with van der Waals surface area (Å²) in [6.45, 7) is 2.27. The first-order chi connectivity index (χ1) is 13.5. The fourth-order valence-corrected chi connectivity index (χ4v) is 3.59. The number of morpholine rings is 2. The number of nitrogens with zero attached hydrogens (tertiary/aromatic N) is 5. The van der Waals surface area contributed by atoms with Gasteiger partial charge in [0.25, 0.3) is 5.91 Å². The molecule has 9 heteroatoms. The number of hydrogen-bond donors (Lipinski definition) is 0. The number of hydrogen-bond acceptors (Lipinski definition) is 6. The molecule has 148 valence electrons. The Balaban J connectivity index is 1.43. The maximum atomic E-state index is 12.8. The molecule has 0 bridgehead atoms. The van der Waals surface area contributed by atoms with Crippen molar-refractivity contribution in [1.29, 1.82) is 0 Å². The van der Waals surface area contributed by atoms with Crippen LogP contribution < -0.4 is 0 Å². The first-order valence-corrected chi connectivity index (χ1v) is 9.27. The van der Waals surface area contributed by atoms with Crippen LogP contribution in [0.3, 0.4) is 0 Å². The minimum Gasteiger partial charge on any atom is -0.345 e. The van der Waals surface area contributed by atoms with Gasteiger partial charge in [0.15, 0.2) is 0 Å². The first-order valence-electron chi connectivity index (χ1n) is 9.27. The third-order valence-corrected chi connectivity index (χ3v) is 4.99. The molecule has 4 rings (SSSR count). The van der Waals surface area contributed by atoms with Crippen molar-refractivity contribution in [2.24, 2.45) is 7.05 Å². The predicted octanol–water partition coefficient (Wildman–Crippen LogP) is 0.0853. The average Bonchev–Trinajstić information content (AvgIpc) is 3.14. The standard InChI is InChI=1S/C19H23N5O4/c1-22-12-16(11-21-22)18(26)24-6-8-28-19(14-24)13-23(5-7-27-19)17(25)9-15-3-2-4-20-10-15/h2-4,10-12H,5-9,13-14H2,1H3. The molecule has 0 N–H and O–H groups in total. The summed E-state index contributed by atoms with van der Waals surface area (Å²) in [6.07, 6.45) is 6.90. The molecule has 0 radical (unpaired) electrons. The van der Waals surface area contributed by atoms with Crippen molar-refractivity contribution in [3.8, 4) is 0 Å². The van der Waals surface area contributed by atoms with Gasteiger partial charge in [-0.25, -0.2) is 0 Å². The van der Waals surface area contributed by atoms with E-state index in [1.165, 1.54) is 0 Å². The number of amides is 2. The minimum absolute atomic E-state index is 0.00464. The van der Waals surface area contributed by atoms with Gasteiger partial charge in [0.05, 0.1) is 44.5 Å². The third kappa shape index (κ3) is 3.90. The van der Waals surface area contributed by atoms with Crippen molar-refractivity contribution in [3.63, 3.8) is 0 Å². The van der Waals surface area contributed by atoms with Crippen molar-refractivity contribution in [2.45, 2.75) is 12.2 Å². The first kappa shape index (κ1) is 18.6. The monoisotopic (exact) mass is 385 g/mol. The van der Waals surface area contributed by atoms with Gasteiger partial charge in [0.1, 0.15) is 0 Å². The molecule has 1 atom stereocenters. The van der Waals surface area contributed by atoms with E-state index in [-0.39, 0.29) is 24.8 Å². The van der Waals surface area contributed by atoms with Gasteiger partial charge >= 0.3 is 0 Å². The number of aromatic nitrogens is 3. The number of carbonyl (C=O) groups excluding carboxylic acids is 2. The van der Waals surface area contributed by atoms with Crippen molar-refractivity contribution >= 4 is 11.8 Å².